The summed E-state index contributed by atoms with van der Waals surface area (Å²) in [4.78, 5) is 17.0. The molecule has 0 spiro atoms. The van der Waals surface area contributed by atoms with Gasteiger partial charge in [-0.2, -0.15) is 0 Å². The minimum absolute atomic E-state index is 0.193. The zero-order valence-electron chi connectivity index (χ0n) is 10.8. The molecule has 0 saturated heterocycles. The maximum atomic E-state index is 11.9. The van der Waals surface area contributed by atoms with Crippen molar-refractivity contribution in [2.45, 2.75) is 18.2 Å². The van der Waals surface area contributed by atoms with Gasteiger partial charge in [-0.05, 0) is 36.2 Å². The number of hydrogen-bond acceptors (Lipinski definition) is 4. The lowest BCUT2D eigenvalue weighted by Gasteiger charge is -2.05. The number of anilines is 1. The van der Waals surface area contributed by atoms with Gasteiger partial charge in [-0.15, -0.1) is 11.8 Å². The Balaban J connectivity index is 1.90. The first kappa shape index (κ1) is 13.6. The minimum Gasteiger partial charge on any atom is -0.384 e. The highest BCUT2D eigenvalue weighted by Gasteiger charge is 2.06. The number of carbonyl (C=O) groups excluding carboxylic acids is 1. The van der Waals surface area contributed by atoms with Gasteiger partial charge in [0.05, 0.1) is 5.75 Å². The minimum atomic E-state index is 0.193. The zero-order valence-corrected chi connectivity index (χ0v) is 11.6. The normalized spacial score (nSPS) is 10.4. The number of carbonyl (C=O) groups is 1. The second kappa shape index (κ2) is 6.38. The van der Waals surface area contributed by atoms with Crippen molar-refractivity contribution in [1.82, 2.24) is 4.98 Å². The first-order chi connectivity index (χ1) is 9.15. The summed E-state index contributed by atoms with van der Waals surface area (Å²) in [5.74, 6) is 1.13. The first-order valence-corrected chi connectivity index (χ1v) is 7.04. The molecule has 0 aliphatic carbocycles. The zero-order chi connectivity index (χ0) is 13.7. The molecule has 19 heavy (non-hydrogen) atoms. The van der Waals surface area contributed by atoms with Gasteiger partial charge in [-0.3, -0.25) is 4.79 Å². The van der Waals surface area contributed by atoms with Gasteiger partial charge < -0.3 is 5.73 Å². The van der Waals surface area contributed by atoms with E-state index in [4.69, 9.17) is 5.73 Å². The Hall–Kier alpha value is -1.81. The number of hydrogen-bond donors (Lipinski definition) is 1. The van der Waals surface area contributed by atoms with Crippen molar-refractivity contribution in [2.75, 3.05) is 11.5 Å². The molecule has 0 amide bonds. The van der Waals surface area contributed by atoms with E-state index in [-0.39, 0.29) is 5.78 Å². The Kier molecular flexibility index (Phi) is 4.58. The predicted molar refractivity (Wildman–Crippen MR) is 79.3 cm³/mol. The van der Waals surface area contributed by atoms with Crippen molar-refractivity contribution < 1.29 is 4.79 Å². The van der Waals surface area contributed by atoms with E-state index in [1.165, 1.54) is 5.56 Å². The van der Waals surface area contributed by atoms with Crippen LogP contribution in [-0.2, 0) is 11.2 Å². The Bertz CT molecular complexity index is 584. The van der Waals surface area contributed by atoms with Gasteiger partial charge in [0.15, 0.2) is 0 Å². The number of benzene rings is 1. The van der Waals surface area contributed by atoms with Crippen LogP contribution in [0.2, 0.25) is 0 Å². The molecule has 1 heterocycles. The van der Waals surface area contributed by atoms with Crippen molar-refractivity contribution in [3.05, 3.63) is 53.7 Å². The van der Waals surface area contributed by atoms with E-state index in [2.05, 4.69) is 18.0 Å². The highest BCUT2D eigenvalue weighted by atomic mass is 32.2. The molecule has 3 nitrogen and oxygen atoms in total. The van der Waals surface area contributed by atoms with E-state index in [9.17, 15) is 4.79 Å². The van der Waals surface area contributed by atoms with Crippen molar-refractivity contribution in [1.29, 1.82) is 0 Å². The predicted octanol–water partition coefficient (Wildman–Crippen LogP) is 2.88. The maximum absolute atomic E-state index is 11.9. The summed E-state index contributed by atoms with van der Waals surface area (Å²) in [6, 6.07) is 11.7. The van der Waals surface area contributed by atoms with Crippen LogP contribution in [0.4, 0.5) is 5.82 Å². The quantitative estimate of drug-likeness (QED) is 0.850. The lowest BCUT2D eigenvalue weighted by atomic mass is 10.1. The van der Waals surface area contributed by atoms with E-state index < -0.39 is 0 Å². The topological polar surface area (TPSA) is 56.0 Å². The molecular weight excluding hydrogens is 256 g/mol. The van der Waals surface area contributed by atoms with E-state index in [0.717, 1.165) is 10.5 Å². The number of aryl methyl sites for hydroxylation is 1. The van der Waals surface area contributed by atoms with E-state index in [0.29, 0.717) is 18.0 Å². The van der Waals surface area contributed by atoms with Crippen LogP contribution >= 0.6 is 11.8 Å². The van der Waals surface area contributed by atoms with Crippen LogP contribution in [0.1, 0.15) is 11.1 Å². The number of Topliss-reactive ketones (excluding diaryl/α,β-unsaturated/α-hetero) is 1. The van der Waals surface area contributed by atoms with Crippen molar-refractivity contribution in [3.8, 4) is 0 Å². The standard InChI is InChI=1S/C15H16N2OS/c1-11-4-2-3-5-14(11)19-10-13(18)8-12-6-7-17-15(16)9-12/h2-7,9H,8,10H2,1H3,(H2,16,17). The lowest BCUT2D eigenvalue weighted by Crippen LogP contribution is -2.06. The molecule has 2 N–H and O–H groups in total. The fraction of sp³-hybridized carbons (Fsp3) is 0.200. The molecule has 0 atom stereocenters. The average molecular weight is 272 g/mol. The van der Waals surface area contributed by atoms with Crippen molar-refractivity contribution in [3.63, 3.8) is 0 Å². The van der Waals surface area contributed by atoms with Gasteiger partial charge in [0.1, 0.15) is 11.6 Å². The molecule has 0 saturated carbocycles. The lowest BCUT2D eigenvalue weighted by molar-refractivity contribution is -0.116. The molecule has 0 fully saturated rings. The van der Waals surface area contributed by atoms with Gasteiger partial charge in [0.25, 0.3) is 0 Å². The fourth-order valence-corrected chi connectivity index (χ4v) is 2.65. The molecule has 0 aliphatic heterocycles. The van der Waals surface area contributed by atoms with Crippen LogP contribution < -0.4 is 5.73 Å². The van der Waals surface area contributed by atoms with Gasteiger partial charge in [-0.25, -0.2) is 4.98 Å². The van der Waals surface area contributed by atoms with Gasteiger partial charge in [0.2, 0.25) is 0 Å². The third-order valence-electron chi connectivity index (χ3n) is 2.73. The Morgan fingerprint density at radius 2 is 2.11 bits per heavy atom. The molecule has 1 aromatic heterocycles. The summed E-state index contributed by atoms with van der Waals surface area (Å²) >= 11 is 1.58. The van der Waals surface area contributed by atoms with Gasteiger partial charge >= 0.3 is 0 Å². The molecule has 2 aromatic rings. The smallest absolute Gasteiger partial charge is 0.147 e. The van der Waals surface area contributed by atoms with E-state index in [1.54, 1.807) is 24.0 Å². The van der Waals surface area contributed by atoms with Crippen LogP contribution in [0.3, 0.4) is 0 Å². The Morgan fingerprint density at radius 3 is 2.84 bits per heavy atom. The van der Waals surface area contributed by atoms with Crippen LogP contribution in [-0.4, -0.2) is 16.5 Å². The summed E-state index contributed by atoms with van der Waals surface area (Å²) in [7, 11) is 0. The number of nitrogens with zero attached hydrogens (tertiary/aromatic N) is 1. The summed E-state index contributed by atoms with van der Waals surface area (Å²) < 4.78 is 0. The monoisotopic (exact) mass is 272 g/mol. The number of aromatic nitrogens is 1. The van der Waals surface area contributed by atoms with E-state index in [1.807, 2.05) is 24.3 Å². The summed E-state index contributed by atoms with van der Waals surface area (Å²) in [6.45, 7) is 2.05. The largest absolute Gasteiger partial charge is 0.384 e. The molecule has 1 aromatic carbocycles. The number of rotatable bonds is 5. The second-order valence-electron chi connectivity index (χ2n) is 4.36. The summed E-state index contributed by atoms with van der Waals surface area (Å²) in [6.07, 6.45) is 2.04. The number of nitrogens with two attached hydrogens (primary N) is 1. The third kappa shape index (κ3) is 4.10. The van der Waals surface area contributed by atoms with Gasteiger partial charge in [-0.1, -0.05) is 18.2 Å². The fourth-order valence-electron chi connectivity index (χ4n) is 1.76. The molecule has 0 bridgehead atoms. The number of ketones is 1. The summed E-state index contributed by atoms with van der Waals surface area (Å²) in [5.41, 5.74) is 7.71. The molecule has 0 aliphatic rings. The Morgan fingerprint density at radius 1 is 1.32 bits per heavy atom. The SMILES string of the molecule is Cc1ccccc1SCC(=O)Cc1ccnc(N)c1. The highest BCUT2D eigenvalue weighted by Crippen LogP contribution is 2.22. The second-order valence-corrected chi connectivity index (χ2v) is 5.38. The molecule has 2 rings (SSSR count). The molecule has 0 unspecified atom stereocenters. The first-order valence-electron chi connectivity index (χ1n) is 6.05. The van der Waals surface area contributed by atoms with Crippen molar-refractivity contribution in [2.24, 2.45) is 0 Å². The average Bonchev–Trinajstić information content (AvgIpc) is 2.38. The number of thioether (sulfide) groups is 1. The van der Waals surface area contributed by atoms with Crippen LogP contribution in [0.25, 0.3) is 0 Å². The van der Waals surface area contributed by atoms with Crippen molar-refractivity contribution >= 4 is 23.4 Å². The Labute approximate surface area is 117 Å². The molecule has 0 radical (unpaired) electrons. The van der Waals surface area contributed by atoms with E-state index >= 15 is 0 Å². The maximum Gasteiger partial charge on any atom is 0.147 e. The highest BCUT2D eigenvalue weighted by molar-refractivity contribution is 8.00. The van der Waals surface area contributed by atoms with Crippen LogP contribution in [0, 0.1) is 6.92 Å². The molecule has 98 valence electrons. The molecule has 4 heteroatoms. The number of pyridine rings is 1. The third-order valence-corrected chi connectivity index (χ3v) is 3.96. The van der Waals surface area contributed by atoms with Gasteiger partial charge in [0, 0.05) is 17.5 Å². The molecular formula is C15H16N2OS. The number of nitrogen functional groups attached to an aromatic ring is 1. The van der Waals surface area contributed by atoms with Crippen LogP contribution in [0.15, 0.2) is 47.5 Å². The van der Waals surface area contributed by atoms with Crippen LogP contribution in [0.5, 0.6) is 0 Å². The summed E-state index contributed by atoms with van der Waals surface area (Å²) in [5, 5.41) is 0.